The molecule has 12 nitrogen and oxygen atoms in total. The Labute approximate surface area is 160 Å². The van der Waals surface area contributed by atoms with Gasteiger partial charge >= 0.3 is 27.1 Å². The van der Waals surface area contributed by atoms with Gasteiger partial charge in [-0.3, -0.25) is 0 Å². The normalized spacial score (nSPS) is 14.2. The van der Waals surface area contributed by atoms with Crippen LogP contribution < -0.4 is 0 Å². The SMILES string of the molecule is CO[Si](OC)(OC)OC([SiH3])(O[Si](OC)(OC)OC)O[Si](OC)(OC)OC. The molecule has 0 rings (SSSR count). The Morgan fingerprint density at radius 1 is 0.423 bits per heavy atom. The summed E-state index contributed by atoms with van der Waals surface area (Å²) in [5.41, 5.74) is -1.84. The lowest BCUT2D eigenvalue weighted by Crippen LogP contribution is -2.66. The van der Waals surface area contributed by atoms with E-state index in [9.17, 15) is 0 Å². The van der Waals surface area contributed by atoms with Crippen LogP contribution in [-0.4, -0.2) is 107 Å². The third kappa shape index (κ3) is 6.48. The average Bonchev–Trinajstić information content (AvgIpc) is 2.69. The molecule has 0 N–H and O–H groups in total. The second kappa shape index (κ2) is 11.4. The molecule has 0 amide bonds. The van der Waals surface area contributed by atoms with Crippen LogP contribution in [0, 0.1) is 0 Å². The summed E-state index contributed by atoms with van der Waals surface area (Å²) in [6.45, 7) is 0. The second-order valence-electron chi connectivity index (χ2n) is 4.51. The number of hydrogen-bond acceptors (Lipinski definition) is 12. The molecule has 0 aromatic carbocycles. The molecule has 158 valence electrons. The molecule has 0 saturated carbocycles. The molecule has 0 saturated heterocycles. The van der Waals surface area contributed by atoms with Crippen molar-refractivity contribution >= 4 is 37.4 Å². The first-order chi connectivity index (χ1) is 12.2. The molecule has 0 unspecified atom stereocenters. The highest BCUT2D eigenvalue weighted by molar-refractivity contribution is 6.57. The molecule has 0 aliphatic carbocycles. The molecule has 0 aliphatic heterocycles. The molecule has 0 aliphatic rings. The van der Waals surface area contributed by atoms with E-state index < -0.39 is 32.7 Å². The fourth-order valence-electron chi connectivity index (χ4n) is 1.87. The molecule has 0 atom stereocenters. The summed E-state index contributed by atoms with van der Waals surface area (Å²) >= 11 is 0. The minimum Gasteiger partial charge on any atom is -0.354 e. The average molecular weight is 455 g/mol. The zero-order chi connectivity index (χ0) is 20.5. The number of rotatable bonds is 15. The van der Waals surface area contributed by atoms with Crippen LogP contribution in [0.5, 0.6) is 0 Å². The molecular formula is C10H30O12Si4. The Bertz CT molecular complexity index is 310. The first-order valence-corrected chi connectivity index (χ1v) is 13.1. The van der Waals surface area contributed by atoms with Gasteiger partial charge in [0.25, 0.3) is 0 Å². The van der Waals surface area contributed by atoms with Gasteiger partial charge in [-0.05, 0) is 0 Å². The minimum absolute atomic E-state index is 0.0696. The molecule has 0 spiro atoms. The van der Waals surface area contributed by atoms with Crippen molar-refractivity contribution in [1.29, 1.82) is 0 Å². The maximum atomic E-state index is 5.87. The Kier molecular flexibility index (Phi) is 11.6. The van der Waals surface area contributed by atoms with E-state index in [-0.39, 0.29) is 10.2 Å². The van der Waals surface area contributed by atoms with Gasteiger partial charge < -0.3 is 53.1 Å². The third-order valence-corrected chi connectivity index (χ3v) is 11.4. The quantitative estimate of drug-likeness (QED) is 0.204. The van der Waals surface area contributed by atoms with Gasteiger partial charge in [0, 0.05) is 64.0 Å². The van der Waals surface area contributed by atoms with Crippen LogP contribution in [0.1, 0.15) is 0 Å². The maximum Gasteiger partial charge on any atom is 0.682 e. The molecule has 16 heteroatoms. The van der Waals surface area contributed by atoms with Gasteiger partial charge in [0.1, 0.15) is 10.2 Å². The fourth-order valence-corrected chi connectivity index (χ4v) is 8.23. The van der Waals surface area contributed by atoms with Crippen LogP contribution in [0.3, 0.4) is 0 Å². The molecule has 0 aromatic rings. The van der Waals surface area contributed by atoms with Crippen LogP contribution in [-0.2, 0) is 53.1 Å². The lowest BCUT2D eigenvalue weighted by molar-refractivity contribution is -0.282. The largest absolute Gasteiger partial charge is 0.682 e. The number of hydrogen-bond donors (Lipinski definition) is 0. The van der Waals surface area contributed by atoms with E-state index in [0.29, 0.717) is 0 Å². The molecule has 0 bridgehead atoms. The first-order valence-electron chi connectivity index (χ1n) is 7.24. The van der Waals surface area contributed by atoms with Crippen LogP contribution >= 0.6 is 0 Å². The molecule has 0 heterocycles. The molecule has 26 heavy (non-hydrogen) atoms. The van der Waals surface area contributed by atoms with Gasteiger partial charge in [0.05, 0.1) is 0 Å². The zero-order valence-electron chi connectivity index (χ0n) is 16.9. The monoisotopic (exact) mass is 454 g/mol. The Hall–Kier alpha value is 0.388. The van der Waals surface area contributed by atoms with E-state index in [0.717, 1.165) is 0 Å². The summed E-state index contributed by atoms with van der Waals surface area (Å²) < 4.78 is 65.2. The summed E-state index contributed by atoms with van der Waals surface area (Å²) in [7, 11) is 1.44. The van der Waals surface area contributed by atoms with Crippen molar-refractivity contribution in [2.45, 2.75) is 5.60 Å². The van der Waals surface area contributed by atoms with Gasteiger partial charge in [-0.25, -0.2) is 0 Å². The first kappa shape index (κ1) is 26.4. The van der Waals surface area contributed by atoms with Crippen molar-refractivity contribution < 1.29 is 53.1 Å². The van der Waals surface area contributed by atoms with Crippen LogP contribution in [0.25, 0.3) is 0 Å². The highest BCUT2D eigenvalue weighted by Gasteiger charge is 2.61. The van der Waals surface area contributed by atoms with E-state index in [1.165, 1.54) is 64.0 Å². The van der Waals surface area contributed by atoms with E-state index in [2.05, 4.69) is 0 Å². The highest BCUT2D eigenvalue weighted by atomic mass is 28.4. The Morgan fingerprint density at radius 3 is 0.692 bits per heavy atom. The van der Waals surface area contributed by atoms with Crippen molar-refractivity contribution in [1.82, 2.24) is 0 Å². The van der Waals surface area contributed by atoms with Crippen LogP contribution in [0.2, 0.25) is 0 Å². The predicted octanol–water partition coefficient (Wildman–Crippen LogP) is -1.86. The predicted molar refractivity (Wildman–Crippen MR) is 96.3 cm³/mol. The van der Waals surface area contributed by atoms with Crippen molar-refractivity contribution in [3.8, 4) is 0 Å². The highest BCUT2D eigenvalue weighted by Crippen LogP contribution is 2.29. The van der Waals surface area contributed by atoms with Crippen molar-refractivity contribution in [2.24, 2.45) is 0 Å². The summed E-state index contributed by atoms with van der Waals surface area (Å²) in [5, 5.41) is 0. The van der Waals surface area contributed by atoms with E-state index in [4.69, 9.17) is 53.1 Å². The summed E-state index contributed by atoms with van der Waals surface area (Å²) in [6, 6.07) is 0. The van der Waals surface area contributed by atoms with Crippen molar-refractivity contribution in [2.75, 3.05) is 64.0 Å². The summed E-state index contributed by atoms with van der Waals surface area (Å²) in [6.07, 6.45) is 0. The fraction of sp³-hybridized carbons (Fsp3) is 1.00. The minimum atomic E-state index is -3.63. The summed E-state index contributed by atoms with van der Waals surface area (Å²) in [4.78, 5) is 0. The summed E-state index contributed by atoms with van der Waals surface area (Å²) in [5.74, 6) is 0. The maximum absolute atomic E-state index is 5.87. The van der Waals surface area contributed by atoms with Gasteiger partial charge in [-0.15, -0.1) is 0 Å². The van der Waals surface area contributed by atoms with Gasteiger partial charge in [-0.2, -0.15) is 0 Å². The van der Waals surface area contributed by atoms with Crippen LogP contribution in [0.15, 0.2) is 0 Å². The van der Waals surface area contributed by atoms with Gasteiger partial charge in [-0.1, -0.05) is 0 Å². The van der Waals surface area contributed by atoms with Gasteiger partial charge in [0.2, 0.25) is 5.60 Å². The van der Waals surface area contributed by atoms with Crippen LogP contribution in [0.4, 0.5) is 0 Å². The zero-order valence-corrected chi connectivity index (χ0v) is 21.9. The van der Waals surface area contributed by atoms with E-state index >= 15 is 0 Å². The van der Waals surface area contributed by atoms with Crippen molar-refractivity contribution in [3.05, 3.63) is 0 Å². The topological polar surface area (TPSA) is 111 Å². The third-order valence-electron chi connectivity index (χ3n) is 3.18. The second-order valence-corrected chi connectivity index (χ2v) is 13.0. The molecule has 0 fully saturated rings. The van der Waals surface area contributed by atoms with Gasteiger partial charge in [0.15, 0.2) is 0 Å². The molecular weight excluding hydrogens is 424 g/mol. The lowest BCUT2D eigenvalue weighted by Gasteiger charge is -2.41. The standard InChI is InChI=1S/C10H30O12Si4/c1-11-24(12-2,13-3)20-10(23,21-25(14-4,15-5)16-6)22-26(17-7,18-8)19-9/h1-9,23H3. The van der Waals surface area contributed by atoms with E-state index in [1.807, 2.05) is 0 Å². The van der Waals surface area contributed by atoms with Crippen molar-refractivity contribution in [3.63, 3.8) is 0 Å². The Balaban J connectivity index is 5.99. The molecule has 0 aromatic heterocycles. The van der Waals surface area contributed by atoms with E-state index in [1.54, 1.807) is 0 Å². The smallest absolute Gasteiger partial charge is 0.354 e. The Morgan fingerprint density at radius 2 is 0.577 bits per heavy atom. The molecule has 0 radical (unpaired) electrons. The lowest BCUT2D eigenvalue weighted by atomic mass is 11.3.